The number of aromatic nitrogens is 3. The first-order valence-electron chi connectivity index (χ1n) is 9.43. The molecule has 0 radical (unpaired) electrons. The van der Waals surface area contributed by atoms with Gasteiger partial charge in [-0.25, -0.2) is 0 Å². The van der Waals surface area contributed by atoms with E-state index in [4.69, 9.17) is 4.42 Å². The van der Waals surface area contributed by atoms with Gasteiger partial charge in [-0.1, -0.05) is 30.0 Å². The van der Waals surface area contributed by atoms with Crippen LogP contribution >= 0.6 is 11.8 Å². The van der Waals surface area contributed by atoms with E-state index >= 15 is 0 Å². The summed E-state index contributed by atoms with van der Waals surface area (Å²) in [4.78, 5) is 14.6. The molecule has 3 heterocycles. The zero-order valence-electron chi connectivity index (χ0n) is 15.6. The van der Waals surface area contributed by atoms with Crippen LogP contribution in [0.4, 0.5) is 0 Å². The summed E-state index contributed by atoms with van der Waals surface area (Å²) >= 11 is 1.39. The van der Waals surface area contributed by atoms with Crippen molar-refractivity contribution in [1.29, 1.82) is 0 Å². The summed E-state index contributed by atoms with van der Waals surface area (Å²) in [6.45, 7) is 3.35. The standard InChI is InChI=1S/C20H23N5O2S/c26-19(21-13-17-9-6-12-27-17)15-28-20-23-22-18(14-24-10-4-5-11-24)25(20)16-7-2-1-3-8-16/h1-3,6-9,12H,4-5,10-11,13-15H2,(H,21,26). The van der Waals surface area contributed by atoms with Crippen LogP contribution in [0.5, 0.6) is 0 Å². The average molecular weight is 398 g/mol. The SMILES string of the molecule is O=C(CSc1nnc(CN2CCCC2)n1-c1ccccc1)NCc1ccco1. The molecule has 8 heteroatoms. The molecule has 0 bridgehead atoms. The van der Waals surface area contributed by atoms with Crippen LogP contribution in [0.3, 0.4) is 0 Å². The van der Waals surface area contributed by atoms with Gasteiger partial charge in [-0.05, 0) is 50.2 Å². The van der Waals surface area contributed by atoms with Crippen molar-refractivity contribution in [3.05, 3.63) is 60.3 Å². The summed E-state index contributed by atoms with van der Waals surface area (Å²) < 4.78 is 7.30. The van der Waals surface area contributed by atoms with Crippen LogP contribution in [0.25, 0.3) is 5.69 Å². The minimum atomic E-state index is -0.0647. The van der Waals surface area contributed by atoms with Crippen molar-refractivity contribution in [1.82, 2.24) is 25.0 Å². The lowest BCUT2D eigenvalue weighted by atomic mass is 10.3. The second-order valence-corrected chi connectivity index (χ2v) is 7.64. The Kier molecular flexibility index (Phi) is 6.08. The molecular weight excluding hydrogens is 374 g/mol. The Morgan fingerprint density at radius 3 is 2.68 bits per heavy atom. The van der Waals surface area contributed by atoms with Gasteiger partial charge in [0.2, 0.25) is 5.91 Å². The molecule has 0 aliphatic carbocycles. The number of rotatable bonds is 8. The normalized spacial score (nSPS) is 14.4. The van der Waals surface area contributed by atoms with Crippen LogP contribution in [-0.4, -0.2) is 44.4 Å². The van der Waals surface area contributed by atoms with Crippen LogP contribution in [0, 0.1) is 0 Å². The zero-order chi connectivity index (χ0) is 19.2. The molecule has 1 amide bonds. The molecule has 2 aromatic heterocycles. The fourth-order valence-corrected chi connectivity index (χ4v) is 4.05. The third kappa shape index (κ3) is 4.63. The van der Waals surface area contributed by atoms with Gasteiger partial charge < -0.3 is 9.73 Å². The number of likely N-dealkylation sites (tertiary alicyclic amines) is 1. The minimum Gasteiger partial charge on any atom is -0.467 e. The molecule has 0 spiro atoms. The van der Waals surface area contributed by atoms with E-state index in [1.165, 1.54) is 24.6 Å². The first-order valence-corrected chi connectivity index (χ1v) is 10.4. The molecule has 1 fully saturated rings. The van der Waals surface area contributed by atoms with Gasteiger partial charge >= 0.3 is 0 Å². The number of carbonyl (C=O) groups excluding carboxylic acids is 1. The van der Waals surface area contributed by atoms with E-state index in [2.05, 4.69) is 25.0 Å². The molecule has 1 aliphatic heterocycles. The monoisotopic (exact) mass is 397 g/mol. The van der Waals surface area contributed by atoms with Crippen molar-refractivity contribution < 1.29 is 9.21 Å². The van der Waals surface area contributed by atoms with Gasteiger partial charge in [-0.2, -0.15) is 0 Å². The molecule has 28 heavy (non-hydrogen) atoms. The van der Waals surface area contributed by atoms with Crippen molar-refractivity contribution in [3.8, 4) is 5.69 Å². The van der Waals surface area contributed by atoms with Crippen LogP contribution in [0.1, 0.15) is 24.4 Å². The third-order valence-electron chi connectivity index (χ3n) is 4.65. The van der Waals surface area contributed by atoms with Gasteiger partial charge in [0.25, 0.3) is 0 Å². The van der Waals surface area contributed by atoms with Crippen LogP contribution in [0.15, 0.2) is 58.3 Å². The predicted octanol–water partition coefficient (Wildman–Crippen LogP) is 2.86. The van der Waals surface area contributed by atoms with Gasteiger partial charge in [0.15, 0.2) is 11.0 Å². The zero-order valence-corrected chi connectivity index (χ0v) is 16.4. The number of hydrogen-bond donors (Lipinski definition) is 1. The molecule has 7 nitrogen and oxygen atoms in total. The van der Waals surface area contributed by atoms with Gasteiger partial charge in [0.1, 0.15) is 5.76 Å². The lowest BCUT2D eigenvalue weighted by Crippen LogP contribution is -2.24. The maximum absolute atomic E-state index is 12.2. The first-order chi connectivity index (χ1) is 13.8. The van der Waals surface area contributed by atoms with E-state index in [0.717, 1.165) is 42.1 Å². The Morgan fingerprint density at radius 2 is 1.93 bits per heavy atom. The summed E-state index contributed by atoms with van der Waals surface area (Å²) in [6.07, 6.45) is 4.06. The van der Waals surface area contributed by atoms with Crippen molar-refractivity contribution in [2.75, 3.05) is 18.8 Å². The van der Waals surface area contributed by atoms with E-state index in [0.29, 0.717) is 6.54 Å². The fraction of sp³-hybridized carbons (Fsp3) is 0.350. The Morgan fingerprint density at radius 1 is 1.11 bits per heavy atom. The minimum absolute atomic E-state index is 0.0647. The van der Waals surface area contributed by atoms with E-state index in [1.54, 1.807) is 12.3 Å². The van der Waals surface area contributed by atoms with E-state index < -0.39 is 0 Å². The summed E-state index contributed by atoms with van der Waals surface area (Å²) in [6, 6.07) is 13.7. The molecule has 0 unspecified atom stereocenters. The maximum atomic E-state index is 12.2. The number of benzene rings is 1. The van der Waals surface area contributed by atoms with Gasteiger partial charge in [-0.15, -0.1) is 10.2 Å². The first kappa shape index (κ1) is 18.8. The van der Waals surface area contributed by atoms with Crippen molar-refractivity contribution in [3.63, 3.8) is 0 Å². The summed E-state index contributed by atoms with van der Waals surface area (Å²) in [5.41, 5.74) is 1.01. The number of carbonyl (C=O) groups is 1. The molecule has 1 saturated heterocycles. The number of nitrogens with one attached hydrogen (secondary N) is 1. The second kappa shape index (κ2) is 9.07. The molecular formula is C20H23N5O2S. The molecule has 4 rings (SSSR count). The summed E-state index contributed by atoms with van der Waals surface area (Å²) in [7, 11) is 0. The number of amides is 1. The molecule has 3 aromatic rings. The quantitative estimate of drug-likeness (QED) is 0.589. The van der Waals surface area contributed by atoms with E-state index in [1.807, 2.05) is 36.4 Å². The van der Waals surface area contributed by atoms with E-state index in [-0.39, 0.29) is 11.7 Å². The highest BCUT2D eigenvalue weighted by Crippen LogP contribution is 2.23. The van der Waals surface area contributed by atoms with Crippen molar-refractivity contribution in [2.45, 2.75) is 31.1 Å². The fourth-order valence-electron chi connectivity index (χ4n) is 3.25. The lowest BCUT2D eigenvalue weighted by molar-refractivity contribution is -0.118. The maximum Gasteiger partial charge on any atom is 0.230 e. The van der Waals surface area contributed by atoms with Crippen LogP contribution in [-0.2, 0) is 17.9 Å². The van der Waals surface area contributed by atoms with Gasteiger partial charge in [0, 0.05) is 5.69 Å². The number of hydrogen-bond acceptors (Lipinski definition) is 6. The van der Waals surface area contributed by atoms with Crippen molar-refractivity contribution in [2.24, 2.45) is 0 Å². The highest BCUT2D eigenvalue weighted by molar-refractivity contribution is 7.99. The number of para-hydroxylation sites is 1. The summed E-state index contributed by atoms with van der Waals surface area (Å²) in [5, 5.41) is 12.4. The van der Waals surface area contributed by atoms with Crippen molar-refractivity contribution >= 4 is 17.7 Å². The Bertz CT molecular complexity index is 889. The highest BCUT2D eigenvalue weighted by atomic mass is 32.2. The third-order valence-corrected chi connectivity index (χ3v) is 5.58. The van der Waals surface area contributed by atoms with E-state index in [9.17, 15) is 4.79 Å². The lowest BCUT2D eigenvalue weighted by Gasteiger charge is -2.15. The predicted molar refractivity (Wildman–Crippen MR) is 107 cm³/mol. The Labute approximate surface area is 168 Å². The second-order valence-electron chi connectivity index (χ2n) is 6.70. The Hall–Kier alpha value is -2.58. The molecule has 1 aromatic carbocycles. The smallest absolute Gasteiger partial charge is 0.230 e. The average Bonchev–Trinajstić information content (AvgIpc) is 3.48. The largest absolute Gasteiger partial charge is 0.467 e. The highest BCUT2D eigenvalue weighted by Gasteiger charge is 2.20. The molecule has 146 valence electrons. The number of nitrogens with zero attached hydrogens (tertiary/aromatic N) is 4. The molecule has 0 atom stereocenters. The van der Waals surface area contributed by atoms with Crippen LogP contribution in [0.2, 0.25) is 0 Å². The van der Waals surface area contributed by atoms with Gasteiger partial charge in [0.05, 0.1) is 25.1 Å². The number of thioether (sulfide) groups is 1. The van der Waals surface area contributed by atoms with Crippen LogP contribution < -0.4 is 5.32 Å². The van der Waals surface area contributed by atoms with Gasteiger partial charge in [-0.3, -0.25) is 14.3 Å². The molecule has 1 aliphatic rings. The topological polar surface area (TPSA) is 76.2 Å². The number of furan rings is 1. The molecule has 1 N–H and O–H groups in total. The molecule has 0 saturated carbocycles. The summed E-state index contributed by atoms with van der Waals surface area (Å²) in [5.74, 6) is 1.85. The Balaban J connectivity index is 1.45.